The topological polar surface area (TPSA) is 20.3 Å². The summed E-state index contributed by atoms with van der Waals surface area (Å²) in [5.74, 6) is 1.29. The summed E-state index contributed by atoms with van der Waals surface area (Å²) < 4.78 is 0. The van der Waals surface area contributed by atoms with Gasteiger partial charge < -0.3 is 9.69 Å². The summed E-state index contributed by atoms with van der Waals surface area (Å²) in [5, 5.41) is 0.804. The highest BCUT2D eigenvalue weighted by Crippen LogP contribution is 2.44. The maximum Gasteiger partial charge on any atom is 0.129 e. The molecule has 0 bridgehead atoms. The third-order valence-electron chi connectivity index (χ3n) is 5.70. The van der Waals surface area contributed by atoms with Crippen LogP contribution in [0.25, 0.3) is 5.57 Å². The fraction of sp³-hybridized carbons (Fsp3) is 0.375. The number of thioether (sulfide) groups is 1. The van der Waals surface area contributed by atoms with Crippen molar-refractivity contribution in [1.82, 2.24) is 4.90 Å². The van der Waals surface area contributed by atoms with Gasteiger partial charge in [0.25, 0.3) is 0 Å². The summed E-state index contributed by atoms with van der Waals surface area (Å²) in [4.78, 5) is 15.0. The molecule has 2 aromatic carbocycles. The highest BCUT2D eigenvalue weighted by atomic mass is 35.5. The standard InChI is InChI=1S/C24H26ClNOS/c1-17(27)5-4-12-26-13-10-18(11-14-26)24-21-7-3-2-6-19(21)16-28-23-9-8-20(25)15-22(23)24/h2-3,6-9,15H,4-5,10-14,16H2,1H3. The van der Waals surface area contributed by atoms with Crippen LogP contribution in [0.5, 0.6) is 0 Å². The zero-order valence-electron chi connectivity index (χ0n) is 16.3. The molecule has 2 heterocycles. The lowest BCUT2D eigenvalue weighted by Gasteiger charge is -2.30. The van der Waals surface area contributed by atoms with Crippen LogP contribution in [0.15, 0.2) is 52.9 Å². The number of ketones is 1. The zero-order chi connectivity index (χ0) is 19.5. The maximum absolute atomic E-state index is 11.2. The van der Waals surface area contributed by atoms with Crippen LogP contribution in [0.3, 0.4) is 0 Å². The van der Waals surface area contributed by atoms with E-state index < -0.39 is 0 Å². The first-order valence-electron chi connectivity index (χ1n) is 10.1. The van der Waals surface area contributed by atoms with Crippen LogP contribution in [0, 0.1) is 0 Å². The van der Waals surface area contributed by atoms with Crippen LogP contribution in [0.4, 0.5) is 0 Å². The largest absolute Gasteiger partial charge is 0.303 e. The fourth-order valence-electron chi connectivity index (χ4n) is 4.24. The van der Waals surface area contributed by atoms with Gasteiger partial charge in [0.1, 0.15) is 5.78 Å². The van der Waals surface area contributed by atoms with E-state index in [1.165, 1.54) is 27.2 Å². The molecule has 0 aliphatic carbocycles. The predicted molar refractivity (Wildman–Crippen MR) is 119 cm³/mol. The summed E-state index contributed by atoms with van der Waals surface area (Å²) in [6.45, 7) is 4.85. The maximum atomic E-state index is 11.2. The lowest BCUT2D eigenvalue weighted by Crippen LogP contribution is -2.32. The van der Waals surface area contributed by atoms with Crippen molar-refractivity contribution in [2.24, 2.45) is 0 Å². The molecular weight excluding hydrogens is 386 g/mol. The smallest absolute Gasteiger partial charge is 0.129 e. The molecule has 0 saturated carbocycles. The van der Waals surface area contributed by atoms with Crippen molar-refractivity contribution in [3.63, 3.8) is 0 Å². The van der Waals surface area contributed by atoms with Gasteiger partial charge in [-0.05, 0) is 73.2 Å². The number of nitrogens with zero attached hydrogens (tertiary/aromatic N) is 1. The Bertz CT molecular complexity index is 911. The number of carbonyl (C=O) groups is 1. The van der Waals surface area contributed by atoms with E-state index in [1.807, 2.05) is 17.8 Å². The predicted octanol–water partition coefficient (Wildman–Crippen LogP) is 6.21. The molecule has 0 atom stereocenters. The van der Waals surface area contributed by atoms with E-state index in [-0.39, 0.29) is 0 Å². The summed E-state index contributed by atoms with van der Waals surface area (Å²) >= 11 is 8.31. The highest BCUT2D eigenvalue weighted by Gasteiger charge is 2.24. The van der Waals surface area contributed by atoms with E-state index in [4.69, 9.17) is 11.6 Å². The van der Waals surface area contributed by atoms with E-state index >= 15 is 0 Å². The number of likely N-dealkylation sites (tertiary alicyclic amines) is 1. The molecule has 2 nitrogen and oxygen atoms in total. The molecule has 146 valence electrons. The summed E-state index contributed by atoms with van der Waals surface area (Å²) in [5.41, 5.74) is 7.02. The van der Waals surface area contributed by atoms with E-state index in [1.54, 1.807) is 12.5 Å². The highest BCUT2D eigenvalue weighted by molar-refractivity contribution is 7.98. The second kappa shape index (κ2) is 8.86. The van der Waals surface area contributed by atoms with Gasteiger partial charge in [-0.3, -0.25) is 0 Å². The Balaban J connectivity index is 1.65. The van der Waals surface area contributed by atoms with Crippen molar-refractivity contribution < 1.29 is 4.79 Å². The Morgan fingerprint density at radius 2 is 1.89 bits per heavy atom. The Morgan fingerprint density at radius 1 is 1.11 bits per heavy atom. The minimum absolute atomic E-state index is 0.292. The molecular formula is C24H26ClNOS. The average Bonchev–Trinajstić information content (AvgIpc) is 2.85. The lowest BCUT2D eigenvalue weighted by molar-refractivity contribution is -0.117. The third kappa shape index (κ3) is 4.37. The van der Waals surface area contributed by atoms with Crippen LogP contribution in [-0.2, 0) is 10.5 Å². The van der Waals surface area contributed by atoms with Crippen molar-refractivity contribution in [1.29, 1.82) is 0 Å². The minimum atomic E-state index is 0.292. The number of carbonyl (C=O) groups excluding carboxylic acids is 1. The normalized spacial score (nSPS) is 17.1. The SMILES string of the molecule is CC(=O)CCCN1CCC(=C2c3ccccc3CSc3ccc(Cl)cc32)CC1. The monoisotopic (exact) mass is 411 g/mol. The zero-order valence-corrected chi connectivity index (χ0v) is 17.9. The van der Waals surface area contributed by atoms with Gasteiger partial charge in [-0.2, -0.15) is 0 Å². The molecule has 4 rings (SSSR count). The Kier molecular flexibility index (Phi) is 6.25. The van der Waals surface area contributed by atoms with Crippen LogP contribution in [0.2, 0.25) is 5.02 Å². The van der Waals surface area contributed by atoms with Crippen molar-refractivity contribution in [2.75, 3.05) is 19.6 Å². The van der Waals surface area contributed by atoms with E-state index in [0.29, 0.717) is 12.2 Å². The molecule has 0 N–H and O–H groups in total. The number of hydrogen-bond donors (Lipinski definition) is 0. The minimum Gasteiger partial charge on any atom is -0.303 e. The number of halogens is 1. The number of fused-ring (bicyclic) bond motifs is 2. The Morgan fingerprint density at radius 3 is 2.68 bits per heavy atom. The number of benzene rings is 2. The van der Waals surface area contributed by atoms with E-state index in [9.17, 15) is 4.79 Å². The quantitative estimate of drug-likeness (QED) is 0.596. The number of piperidine rings is 1. The number of Topliss-reactive ketones (excluding diaryl/α,β-unsaturated/α-hetero) is 1. The fourth-order valence-corrected chi connectivity index (χ4v) is 5.46. The molecule has 4 heteroatoms. The van der Waals surface area contributed by atoms with Gasteiger partial charge in [0.2, 0.25) is 0 Å². The Hall–Kier alpha value is -1.55. The second-order valence-corrected chi connectivity index (χ2v) is 9.17. The molecule has 28 heavy (non-hydrogen) atoms. The van der Waals surface area contributed by atoms with Gasteiger partial charge >= 0.3 is 0 Å². The van der Waals surface area contributed by atoms with Crippen molar-refractivity contribution in [3.05, 3.63) is 69.8 Å². The van der Waals surface area contributed by atoms with Gasteiger partial charge in [0.15, 0.2) is 0 Å². The average molecular weight is 412 g/mol. The first-order chi connectivity index (χ1) is 13.6. The molecule has 0 spiro atoms. The van der Waals surface area contributed by atoms with Crippen LogP contribution < -0.4 is 0 Å². The van der Waals surface area contributed by atoms with Crippen molar-refractivity contribution >= 4 is 34.7 Å². The van der Waals surface area contributed by atoms with Crippen molar-refractivity contribution in [3.8, 4) is 0 Å². The second-order valence-electron chi connectivity index (χ2n) is 7.71. The molecule has 0 radical (unpaired) electrons. The third-order valence-corrected chi connectivity index (χ3v) is 7.05. The number of hydrogen-bond acceptors (Lipinski definition) is 3. The molecule has 2 aromatic rings. The summed E-state index contributed by atoms with van der Waals surface area (Å²) in [6.07, 6.45) is 3.83. The molecule has 1 saturated heterocycles. The molecule has 1 fully saturated rings. The molecule has 0 unspecified atom stereocenters. The number of rotatable bonds is 4. The first kappa shape index (κ1) is 19.8. The van der Waals surface area contributed by atoms with Crippen molar-refractivity contribution in [2.45, 2.75) is 43.3 Å². The Labute approximate surface area is 177 Å². The van der Waals surface area contributed by atoms with Crippen LogP contribution in [0.1, 0.15) is 49.3 Å². The van der Waals surface area contributed by atoms with Gasteiger partial charge in [-0.25, -0.2) is 0 Å². The van der Waals surface area contributed by atoms with Crippen LogP contribution in [-0.4, -0.2) is 30.3 Å². The van der Waals surface area contributed by atoms with Gasteiger partial charge in [-0.15, -0.1) is 11.8 Å². The van der Waals surface area contributed by atoms with E-state index in [2.05, 4.69) is 41.3 Å². The van der Waals surface area contributed by atoms with Gasteiger partial charge in [-0.1, -0.05) is 41.4 Å². The summed E-state index contributed by atoms with van der Waals surface area (Å²) in [6, 6.07) is 15.1. The summed E-state index contributed by atoms with van der Waals surface area (Å²) in [7, 11) is 0. The van der Waals surface area contributed by atoms with Crippen LogP contribution >= 0.6 is 23.4 Å². The molecule has 0 amide bonds. The van der Waals surface area contributed by atoms with Gasteiger partial charge in [0, 0.05) is 35.2 Å². The molecule has 2 aliphatic rings. The lowest BCUT2D eigenvalue weighted by atomic mass is 9.86. The first-order valence-corrected chi connectivity index (χ1v) is 11.4. The van der Waals surface area contributed by atoms with E-state index in [0.717, 1.165) is 49.7 Å². The molecule has 0 aromatic heterocycles. The molecule has 2 aliphatic heterocycles. The van der Waals surface area contributed by atoms with Gasteiger partial charge in [0.05, 0.1) is 0 Å².